The zero-order chi connectivity index (χ0) is 25.5. The van der Waals surface area contributed by atoms with Gasteiger partial charge in [0.05, 0.1) is 7.11 Å². The standard InChI is InChI=1S/C30H39N3O2S/c1-22-6-5-7-23(2)29(22)30(34)31-16-12-24(3)32-17-13-27(14-18-32)33(20-25-15-19-36-21-25)26-8-10-28(35-4)11-9-26/h5-11,15,19,21,24,27H,12-14,16-18,20H2,1-4H3,(H,31,34). The van der Waals surface area contributed by atoms with E-state index in [0.29, 0.717) is 18.6 Å². The van der Waals surface area contributed by atoms with Gasteiger partial charge in [-0.1, -0.05) is 18.2 Å². The SMILES string of the molecule is COc1ccc(N(Cc2ccsc2)C2CCN(C(C)CCNC(=O)c3c(C)cccc3C)CC2)cc1. The minimum Gasteiger partial charge on any atom is -0.497 e. The van der Waals surface area contributed by atoms with Crippen LogP contribution in [0.1, 0.15) is 53.2 Å². The molecule has 1 N–H and O–H groups in total. The number of benzene rings is 2. The Morgan fingerprint density at radius 2 is 1.81 bits per heavy atom. The first kappa shape index (κ1) is 26.2. The van der Waals surface area contributed by atoms with Crippen molar-refractivity contribution in [3.05, 3.63) is 81.5 Å². The molecule has 2 heterocycles. The number of carbonyl (C=O) groups excluding carboxylic acids is 1. The molecule has 1 aliphatic rings. The maximum atomic E-state index is 12.7. The number of nitrogens with zero attached hydrogens (tertiary/aromatic N) is 2. The smallest absolute Gasteiger partial charge is 0.251 e. The number of anilines is 1. The second-order valence-electron chi connectivity index (χ2n) is 9.89. The van der Waals surface area contributed by atoms with E-state index in [9.17, 15) is 4.79 Å². The Morgan fingerprint density at radius 1 is 1.11 bits per heavy atom. The molecular weight excluding hydrogens is 466 g/mol. The third-order valence-electron chi connectivity index (χ3n) is 7.46. The molecule has 1 atom stereocenters. The van der Waals surface area contributed by atoms with E-state index in [4.69, 9.17) is 4.74 Å². The van der Waals surface area contributed by atoms with Crippen molar-refractivity contribution in [1.29, 1.82) is 0 Å². The highest BCUT2D eigenvalue weighted by molar-refractivity contribution is 7.07. The van der Waals surface area contributed by atoms with Gasteiger partial charge in [0, 0.05) is 49.5 Å². The van der Waals surface area contributed by atoms with Crippen LogP contribution in [0, 0.1) is 13.8 Å². The Morgan fingerprint density at radius 3 is 2.42 bits per heavy atom. The topological polar surface area (TPSA) is 44.8 Å². The molecule has 6 heteroatoms. The van der Waals surface area contributed by atoms with Gasteiger partial charge in [-0.05, 0) is 97.8 Å². The molecule has 0 aliphatic carbocycles. The van der Waals surface area contributed by atoms with Gasteiger partial charge < -0.3 is 19.9 Å². The van der Waals surface area contributed by atoms with Crippen molar-refractivity contribution < 1.29 is 9.53 Å². The average Bonchev–Trinajstić information content (AvgIpc) is 3.41. The molecule has 0 spiro atoms. The van der Waals surface area contributed by atoms with Crippen molar-refractivity contribution in [2.75, 3.05) is 31.6 Å². The van der Waals surface area contributed by atoms with Crippen LogP contribution in [0.25, 0.3) is 0 Å². The fourth-order valence-electron chi connectivity index (χ4n) is 5.26. The highest BCUT2D eigenvalue weighted by atomic mass is 32.1. The third-order valence-corrected chi connectivity index (χ3v) is 8.19. The molecule has 1 unspecified atom stereocenters. The normalized spacial score (nSPS) is 15.4. The van der Waals surface area contributed by atoms with Crippen LogP contribution in [0.15, 0.2) is 59.3 Å². The van der Waals surface area contributed by atoms with Crippen LogP contribution < -0.4 is 15.0 Å². The Balaban J connectivity index is 1.31. The van der Waals surface area contributed by atoms with E-state index in [2.05, 4.69) is 63.1 Å². The summed E-state index contributed by atoms with van der Waals surface area (Å²) in [4.78, 5) is 17.9. The van der Waals surface area contributed by atoms with E-state index in [1.807, 2.05) is 32.0 Å². The van der Waals surface area contributed by atoms with Crippen molar-refractivity contribution >= 4 is 22.9 Å². The van der Waals surface area contributed by atoms with Crippen LogP contribution in [-0.4, -0.2) is 49.6 Å². The van der Waals surface area contributed by atoms with Crippen molar-refractivity contribution in [1.82, 2.24) is 10.2 Å². The van der Waals surface area contributed by atoms with Crippen LogP contribution in [-0.2, 0) is 6.54 Å². The molecule has 0 saturated carbocycles. The second kappa shape index (κ2) is 12.4. The van der Waals surface area contributed by atoms with Crippen LogP contribution in [0.3, 0.4) is 0 Å². The number of hydrogen-bond donors (Lipinski definition) is 1. The fraction of sp³-hybridized carbons (Fsp3) is 0.433. The summed E-state index contributed by atoms with van der Waals surface area (Å²) in [7, 11) is 1.71. The number of amides is 1. The summed E-state index contributed by atoms with van der Waals surface area (Å²) in [6, 6.07) is 17.7. The number of likely N-dealkylation sites (tertiary alicyclic amines) is 1. The van der Waals surface area contributed by atoms with E-state index in [1.165, 1.54) is 11.3 Å². The monoisotopic (exact) mass is 505 g/mol. The van der Waals surface area contributed by atoms with Gasteiger partial charge in [-0.2, -0.15) is 11.3 Å². The Kier molecular flexibility index (Phi) is 9.05. The van der Waals surface area contributed by atoms with E-state index in [-0.39, 0.29) is 5.91 Å². The number of methoxy groups -OCH3 is 1. The molecule has 2 aromatic carbocycles. The highest BCUT2D eigenvalue weighted by Crippen LogP contribution is 2.29. The van der Waals surface area contributed by atoms with Gasteiger partial charge >= 0.3 is 0 Å². The van der Waals surface area contributed by atoms with E-state index in [0.717, 1.165) is 61.3 Å². The molecule has 5 nitrogen and oxygen atoms in total. The Hall–Kier alpha value is -2.83. The fourth-order valence-corrected chi connectivity index (χ4v) is 5.92. The van der Waals surface area contributed by atoms with Crippen molar-refractivity contribution in [3.8, 4) is 5.75 Å². The third kappa shape index (κ3) is 6.48. The van der Waals surface area contributed by atoms with Crippen LogP contribution in [0.4, 0.5) is 5.69 Å². The number of nitrogens with one attached hydrogen (secondary N) is 1. The lowest BCUT2D eigenvalue weighted by Gasteiger charge is -2.42. The summed E-state index contributed by atoms with van der Waals surface area (Å²) in [6.07, 6.45) is 3.23. The maximum Gasteiger partial charge on any atom is 0.251 e. The lowest BCUT2D eigenvalue weighted by atomic mass is 9.99. The molecule has 1 fully saturated rings. The first-order chi connectivity index (χ1) is 17.5. The van der Waals surface area contributed by atoms with Gasteiger partial charge in [-0.3, -0.25) is 4.79 Å². The maximum absolute atomic E-state index is 12.7. The lowest BCUT2D eigenvalue weighted by Crippen LogP contribution is -2.48. The van der Waals surface area contributed by atoms with Crippen LogP contribution in [0.5, 0.6) is 5.75 Å². The Bertz CT molecular complexity index is 1090. The lowest BCUT2D eigenvalue weighted by molar-refractivity contribution is 0.0944. The van der Waals surface area contributed by atoms with Crippen molar-refractivity contribution in [2.45, 2.75) is 58.7 Å². The second-order valence-corrected chi connectivity index (χ2v) is 10.7. The number of rotatable bonds is 10. The van der Waals surface area contributed by atoms with Gasteiger partial charge in [0.25, 0.3) is 5.91 Å². The Labute approximate surface area is 220 Å². The van der Waals surface area contributed by atoms with Gasteiger partial charge in [-0.15, -0.1) is 0 Å². The predicted molar refractivity (Wildman–Crippen MR) is 150 cm³/mol. The molecule has 36 heavy (non-hydrogen) atoms. The highest BCUT2D eigenvalue weighted by Gasteiger charge is 2.27. The number of aryl methyl sites for hydroxylation is 2. The summed E-state index contributed by atoms with van der Waals surface area (Å²) in [5, 5.41) is 7.56. The summed E-state index contributed by atoms with van der Waals surface area (Å²) < 4.78 is 5.37. The molecule has 4 rings (SSSR count). The molecule has 1 aromatic heterocycles. The molecule has 192 valence electrons. The van der Waals surface area contributed by atoms with E-state index >= 15 is 0 Å². The molecule has 3 aromatic rings. The van der Waals surface area contributed by atoms with Gasteiger partial charge in [0.15, 0.2) is 0 Å². The molecular formula is C30H39N3O2S. The minimum absolute atomic E-state index is 0.0417. The van der Waals surface area contributed by atoms with Crippen LogP contribution >= 0.6 is 11.3 Å². The summed E-state index contributed by atoms with van der Waals surface area (Å²) >= 11 is 1.76. The average molecular weight is 506 g/mol. The molecule has 0 radical (unpaired) electrons. The zero-order valence-electron chi connectivity index (χ0n) is 22.0. The number of hydrogen-bond acceptors (Lipinski definition) is 5. The quantitative estimate of drug-likeness (QED) is 0.364. The summed E-state index contributed by atoms with van der Waals surface area (Å²) in [6.45, 7) is 10.1. The number of piperidine rings is 1. The van der Waals surface area contributed by atoms with Crippen LogP contribution in [0.2, 0.25) is 0 Å². The number of carbonyl (C=O) groups is 1. The van der Waals surface area contributed by atoms with Crippen molar-refractivity contribution in [3.63, 3.8) is 0 Å². The van der Waals surface area contributed by atoms with Gasteiger partial charge in [-0.25, -0.2) is 0 Å². The molecule has 0 bridgehead atoms. The first-order valence-electron chi connectivity index (χ1n) is 13.0. The van der Waals surface area contributed by atoms with E-state index < -0.39 is 0 Å². The minimum atomic E-state index is 0.0417. The first-order valence-corrected chi connectivity index (χ1v) is 13.9. The predicted octanol–water partition coefficient (Wildman–Crippen LogP) is 6.05. The van der Waals surface area contributed by atoms with Gasteiger partial charge in [0.1, 0.15) is 5.75 Å². The summed E-state index contributed by atoms with van der Waals surface area (Å²) in [5.41, 5.74) is 5.50. The van der Waals surface area contributed by atoms with Gasteiger partial charge in [0.2, 0.25) is 0 Å². The molecule has 1 saturated heterocycles. The zero-order valence-corrected chi connectivity index (χ0v) is 22.8. The van der Waals surface area contributed by atoms with Crippen molar-refractivity contribution in [2.24, 2.45) is 0 Å². The molecule has 1 amide bonds. The number of ether oxygens (including phenoxy) is 1. The molecule has 1 aliphatic heterocycles. The summed E-state index contributed by atoms with van der Waals surface area (Å²) in [5.74, 6) is 0.933. The largest absolute Gasteiger partial charge is 0.497 e. The van der Waals surface area contributed by atoms with E-state index in [1.54, 1.807) is 18.4 Å². The number of thiophene rings is 1.